The van der Waals surface area contributed by atoms with Gasteiger partial charge in [-0.15, -0.1) is 0 Å². The Labute approximate surface area is 96.6 Å². The van der Waals surface area contributed by atoms with Crippen LogP contribution in [-0.4, -0.2) is 36.1 Å². The third-order valence-corrected chi connectivity index (χ3v) is 1.97. The van der Waals surface area contributed by atoms with Crippen molar-refractivity contribution in [3.05, 3.63) is 0 Å². The van der Waals surface area contributed by atoms with E-state index in [2.05, 4.69) is 10.6 Å². The first-order chi connectivity index (χ1) is 7.56. The summed E-state index contributed by atoms with van der Waals surface area (Å²) in [5.41, 5.74) is 0. The maximum atomic E-state index is 11.2. The van der Waals surface area contributed by atoms with E-state index in [4.69, 9.17) is 5.11 Å². The first kappa shape index (κ1) is 14.9. The van der Waals surface area contributed by atoms with Crippen molar-refractivity contribution in [2.75, 3.05) is 13.1 Å². The molecule has 0 heterocycles. The molecule has 94 valence electrons. The van der Waals surface area contributed by atoms with E-state index in [9.17, 15) is 9.59 Å². The molecule has 0 aliphatic heterocycles. The Morgan fingerprint density at radius 3 is 2.25 bits per heavy atom. The molecule has 1 unspecified atom stereocenters. The normalized spacial score (nSPS) is 11.9. The van der Waals surface area contributed by atoms with E-state index < -0.39 is 6.10 Å². The van der Waals surface area contributed by atoms with E-state index in [1.807, 2.05) is 6.92 Å². The Balaban J connectivity index is 3.43. The van der Waals surface area contributed by atoms with Crippen LogP contribution in [0.15, 0.2) is 0 Å². The second kappa shape index (κ2) is 9.15. The number of hydrogen-bond donors (Lipinski definition) is 3. The Hall–Kier alpha value is -1.10. The van der Waals surface area contributed by atoms with Crippen molar-refractivity contribution in [3.63, 3.8) is 0 Å². The molecule has 2 amide bonds. The van der Waals surface area contributed by atoms with Crippen LogP contribution in [0.4, 0.5) is 0 Å². The van der Waals surface area contributed by atoms with Crippen LogP contribution >= 0.6 is 0 Å². The minimum atomic E-state index is -0.531. The van der Waals surface area contributed by atoms with Crippen molar-refractivity contribution in [3.8, 4) is 0 Å². The largest absolute Gasteiger partial charge is 0.392 e. The summed E-state index contributed by atoms with van der Waals surface area (Å²) in [5, 5.41) is 14.3. The van der Waals surface area contributed by atoms with Gasteiger partial charge in [-0.3, -0.25) is 9.59 Å². The van der Waals surface area contributed by atoms with Gasteiger partial charge in [0.05, 0.1) is 6.10 Å². The minimum Gasteiger partial charge on any atom is -0.392 e. The Morgan fingerprint density at radius 1 is 1.19 bits per heavy atom. The summed E-state index contributed by atoms with van der Waals surface area (Å²) in [6, 6.07) is 0. The molecule has 3 N–H and O–H groups in total. The van der Waals surface area contributed by atoms with Gasteiger partial charge in [0.25, 0.3) is 0 Å². The predicted octanol–water partition coefficient (Wildman–Crippen LogP) is 0.180. The fourth-order valence-electron chi connectivity index (χ4n) is 1.11. The summed E-state index contributed by atoms with van der Waals surface area (Å²) >= 11 is 0. The maximum absolute atomic E-state index is 11.2. The van der Waals surface area contributed by atoms with Crippen LogP contribution < -0.4 is 10.6 Å². The number of aliphatic hydroxyl groups is 1. The number of aliphatic hydroxyl groups excluding tert-OH is 1. The lowest BCUT2D eigenvalue weighted by atomic mass is 10.2. The second-order valence-corrected chi connectivity index (χ2v) is 3.86. The summed E-state index contributed by atoms with van der Waals surface area (Å²) in [5.74, 6) is -0.130. The van der Waals surface area contributed by atoms with Gasteiger partial charge in [-0.25, -0.2) is 0 Å². The standard InChI is InChI=1S/C11H22N2O3/c1-3-7-12-10(15)5-4-6-11(16)13-8-9(2)14/h9,14H,3-8H2,1-2H3,(H,12,15)(H,13,16). The van der Waals surface area contributed by atoms with Crippen LogP contribution in [0, 0.1) is 0 Å². The van der Waals surface area contributed by atoms with Gasteiger partial charge >= 0.3 is 0 Å². The Kier molecular flexibility index (Phi) is 8.52. The van der Waals surface area contributed by atoms with Crippen LogP contribution in [0.3, 0.4) is 0 Å². The Bertz CT molecular complexity index is 217. The van der Waals surface area contributed by atoms with Crippen molar-refractivity contribution in [1.82, 2.24) is 10.6 Å². The molecule has 0 saturated heterocycles. The van der Waals surface area contributed by atoms with Gasteiger partial charge in [0, 0.05) is 25.9 Å². The highest BCUT2D eigenvalue weighted by Crippen LogP contribution is 1.95. The lowest BCUT2D eigenvalue weighted by molar-refractivity contribution is -0.122. The number of amides is 2. The molecule has 16 heavy (non-hydrogen) atoms. The quantitative estimate of drug-likeness (QED) is 0.556. The zero-order valence-corrected chi connectivity index (χ0v) is 10.1. The smallest absolute Gasteiger partial charge is 0.220 e. The average molecular weight is 230 g/mol. The SMILES string of the molecule is CCCNC(=O)CCCC(=O)NCC(C)O. The molecule has 0 bridgehead atoms. The Morgan fingerprint density at radius 2 is 1.75 bits per heavy atom. The summed E-state index contributed by atoms with van der Waals surface area (Å²) in [4.78, 5) is 22.4. The van der Waals surface area contributed by atoms with Crippen molar-refractivity contribution in [1.29, 1.82) is 0 Å². The first-order valence-electron chi connectivity index (χ1n) is 5.77. The molecule has 0 radical (unpaired) electrons. The molecule has 0 aliphatic rings. The van der Waals surface area contributed by atoms with Gasteiger partial charge in [0.15, 0.2) is 0 Å². The van der Waals surface area contributed by atoms with Crippen molar-refractivity contribution < 1.29 is 14.7 Å². The third-order valence-electron chi connectivity index (χ3n) is 1.97. The van der Waals surface area contributed by atoms with Gasteiger partial charge in [-0.2, -0.15) is 0 Å². The molecule has 0 aliphatic carbocycles. The van der Waals surface area contributed by atoms with Crippen LogP contribution in [0.5, 0.6) is 0 Å². The van der Waals surface area contributed by atoms with Gasteiger partial charge in [-0.05, 0) is 19.8 Å². The summed E-state index contributed by atoms with van der Waals surface area (Å²) < 4.78 is 0. The van der Waals surface area contributed by atoms with Crippen LogP contribution in [-0.2, 0) is 9.59 Å². The number of rotatable bonds is 8. The molecule has 0 fully saturated rings. The zero-order chi connectivity index (χ0) is 12.4. The fraction of sp³-hybridized carbons (Fsp3) is 0.818. The molecule has 5 nitrogen and oxygen atoms in total. The molecule has 0 spiro atoms. The first-order valence-corrected chi connectivity index (χ1v) is 5.77. The summed E-state index contributed by atoms with van der Waals surface area (Å²) in [6.45, 7) is 4.55. The third kappa shape index (κ3) is 9.45. The van der Waals surface area contributed by atoms with E-state index >= 15 is 0 Å². The van der Waals surface area contributed by atoms with Gasteiger partial charge in [0.1, 0.15) is 0 Å². The molecule has 0 aromatic carbocycles. The fourth-order valence-corrected chi connectivity index (χ4v) is 1.11. The minimum absolute atomic E-state index is 0.00910. The summed E-state index contributed by atoms with van der Waals surface area (Å²) in [7, 11) is 0. The molecular weight excluding hydrogens is 208 g/mol. The van der Waals surface area contributed by atoms with E-state index in [1.54, 1.807) is 6.92 Å². The predicted molar refractivity (Wildman–Crippen MR) is 61.8 cm³/mol. The zero-order valence-electron chi connectivity index (χ0n) is 10.1. The number of nitrogens with one attached hydrogen (secondary N) is 2. The van der Waals surface area contributed by atoms with Crippen LogP contribution in [0.1, 0.15) is 39.5 Å². The molecule has 5 heteroatoms. The lowest BCUT2D eigenvalue weighted by Gasteiger charge is -2.07. The number of carbonyl (C=O) groups is 2. The molecule has 1 atom stereocenters. The molecule has 0 aromatic heterocycles. The molecular formula is C11H22N2O3. The average Bonchev–Trinajstić information content (AvgIpc) is 2.23. The van der Waals surface area contributed by atoms with Crippen molar-refractivity contribution >= 4 is 11.8 Å². The van der Waals surface area contributed by atoms with Crippen molar-refractivity contribution in [2.45, 2.75) is 45.6 Å². The maximum Gasteiger partial charge on any atom is 0.220 e. The van der Waals surface area contributed by atoms with E-state index in [-0.39, 0.29) is 18.4 Å². The highest BCUT2D eigenvalue weighted by molar-refractivity contribution is 5.78. The second-order valence-electron chi connectivity index (χ2n) is 3.86. The topological polar surface area (TPSA) is 78.4 Å². The number of carbonyl (C=O) groups excluding carboxylic acids is 2. The van der Waals surface area contributed by atoms with Crippen molar-refractivity contribution in [2.24, 2.45) is 0 Å². The molecule has 0 aromatic rings. The lowest BCUT2D eigenvalue weighted by Crippen LogP contribution is -2.30. The van der Waals surface area contributed by atoms with Crippen LogP contribution in [0.2, 0.25) is 0 Å². The molecule has 0 rings (SSSR count). The summed E-state index contributed by atoms with van der Waals surface area (Å²) in [6.07, 6.45) is 1.63. The van der Waals surface area contributed by atoms with Crippen LogP contribution in [0.25, 0.3) is 0 Å². The van der Waals surface area contributed by atoms with E-state index in [0.717, 1.165) is 6.42 Å². The van der Waals surface area contributed by atoms with Gasteiger partial charge in [-0.1, -0.05) is 6.92 Å². The van der Waals surface area contributed by atoms with E-state index in [1.165, 1.54) is 0 Å². The number of hydrogen-bond acceptors (Lipinski definition) is 3. The molecule has 0 saturated carbocycles. The monoisotopic (exact) mass is 230 g/mol. The highest BCUT2D eigenvalue weighted by atomic mass is 16.3. The van der Waals surface area contributed by atoms with Gasteiger partial charge < -0.3 is 15.7 Å². The van der Waals surface area contributed by atoms with E-state index in [0.29, 0.717) is 25.8 Å². The van der Waals surface area contributed by atoms with Gasteiger partial charge in [0.2, 0.25) is 11.8 Å². The highest BCUT2D eigenvalue weighted by Gasteiger charge is 2.05.